The Morgan fingerprint density at radius 3 is 2.86 bits per heavy atom. The lowest BCUT2D eigenvalue weighted by molar-refractivity contribution is 0.230. The average molecular weight is 311 g/mol. The second kappa shape index (κ2) is 6.10. The number of nitrogens with zero attached hydrogens (tertiary/aromatic N) is 2. The summed E-state index contributed by atoms with van der Waals surface area (Å²) in [4.78, 5) is 4.01. The molecule has 0 saturated heterocycles. The zero-order valence-corrected chi connectivity index (χ0v) is 12.5. The van der Waals surface area contributed by atoms with Gasteiger partial charge in [0.25, 0.3) is 0 Å². The summed E-state index contributed by atoms with van der Waals surface area (Å²) in [5.41, 5.74) is 6.15. The lowest BCUT2D eigenvalue weighted by atomic mass is 10.3. The number of hydrogen-bond donors (Lipinski definition) is 3. The summed E-state index contributed by atoms with van der Waals surface area (Å²) in [6, 6.07) is 3.45. The first-order valence-electron chi connectivity index (χ1n) is 6.29. The quantitative estimate of drug-likeness (QED) is 0.720. The van der Waals surface area contributed by atoms with Crippen LogP contribution in [0.1, 0.15) is 19.4 Å². The van der Waals surface area contributed by atoms with E-state index < -0.39 is 10.0 Å². The molecule has 2 aromatic heterocycles. The smallest absolute Gasteiger partial charge is 0.246 e. The monoisotopic (exact) mass is 311 g/mol. The number of H-pyrrole nitrogens is 1. The molecule has 2 aromatic rings. The van der Waals surface area contributed by atoms with Crippen molar-refractivity contribution in [2.24, 2.45) is 0 Å². The van der Waals surface area contributed by atoms with Gasteiger partial charge < -0.3 is 10.5 Å². The molecule has 2 heterocycles. The fraction of sp³-hybridized carbons (Fsp3) is 0.333. The second-order valence-corrected chi connectivity index (χ2v) is 6.34. The van der Waals surface area contributed by atoms with Crippen molar-refractivity contribution in [3.05, 3.63) is 30.1 Å². The van der Waals surface area contributed by atoms with Crippen molar-refractivity contribution in [2.45, 2.75) is 31.4 Å². The minimum Gasteiger partial charge on any atom is -0.475 e. The fourth-order valence-corrected chi connectivity index (χ4v) is 2.67. The largest absolute Gasteiger partial charge is 0.475 e. The fourth-order valence-electron chi connectivity index (χ4n) is 1.64. The van der Waals surface area contributed by atoms with Gasteiger partial charge in [0.1, 0.15) is 10.7 Å². The molecule has 0 radical (unpaired) electrons. The molecule has 8 nitrogen and oxygen atoms in total. The number of pyridine rings is 1. The zero-order valence-electron chi connectivity index (χ0n) is 11.7. The first-order chi connectivity index (χ1) is 9.90. The van der Waals surface area contributed by atoms with Gasteiger partial charge in [-0.3, -0.25) is 5.10 Å². The third-order valence-electron chi connectivity index (χ3n) is 2.57. The maximum absolute atomic E-state index is 12.1. The van der Waals surface area contributed by atoms with Crippen LogP contribution in [0.3, 0.4) is 0 Å². The molecule has 0 unspecified atom stereocenters. The Bertz CT molecular complexity index is 711. The van der Waals surface area contributed by atoms with E-state index in [0.717, 1.165) is 6.20 Å². The van der Waals surface area contributed by atoms with Crippen molar-refractivity contribution in [2.75, 3.05) is 5.73 Å². The van der Waals surface area contributed by atoms with Crippen LogP contribution in [0.15, 0.2) is 29.4 Å². The van der Waals surface area contributed by atoms with Crippen molar-refractivity contribution >= 4 is 15.8 Å². The molecule has 0 fully saturated rings. The van der Waals surface area contributed by atoms with Gasteiger partial charge in [-0.05, 0) is 19.9 Å². The molecule has 0 aromatic carbocycles. The van der Waals surface area contributed by atoms with Crippen molar-refractivity contribution in [3.8, 4) is 5.88 Å². The standard InChI is InChI=1S/C12H17N5O3S/c1-8(2)20-12-9(4-3-5-14-12)6-16-21(18,19)10-7-15-17-11(10)13/h3-5,7-8,16H,6H2,1-2H3,(H3,13,15,17). The molecule has 0 bridgehead atoms. The maximum Gasteiger partial charge on any atom is 0.246 e. The van der Waals surface area contributed by atoms with E-state index in [4.69, 9.17) is 10.5 Å². The van der Waals surface area contributed by atoms with Crippen LogP contribution in [0.5, 0.6) is 5.88 Å². The summed E-state index contributed by atoms with van der Waals surface area (Å²) in [6.07, 6.45) is 2.69. The highest BCUT2D eigenvalue weighted by Gasteiger charge is 2.20. The molecule has 0 aliphatic rings. The number of rotatable bonds is 6. The number of hydrogen-bond acceptors (Lipinski definition) is 6. The highest BCUT2D eigenvalue weighted by molar-refractivity contribution is 7.89. The van der Waals surface area contributed by atoms with E-state index in [0.29, 0.717) is 11.4 Å². The Kier molecular flexibility index (Phi) is 4.43. The van der Waals surface area contributed by atoms with E-state index >= 15 is 0 Å². The van der Waals surface area contributed by atoms with Crippen LogP contribution in [0.2, 0.25) is 0 Å². The molecule has 9 heteroatoms. The molecule has 0 atom stereocenters. The molecule has 0 aliphatic carbocycles. The minimum atomic E-state index is -3.74. The number of nitrogens with one attached hydrogen (secondary N) is 2. The maximum atomic E-state index is 12.1. The lowest BCUT2D eigenvalue weighted by Gasteiger charge is -2.13. The summed E-state index contributed by atoms with van der Waals surface area (Å²) in [5, 5.41) is 5.98. The SMILES string of the molecule is CC(C)Oc1ncccc1CNS(=O)(=O)c1cn[nH]c1N. The third-order valence-corrected chi connectivity index (χ3v) is 4.00. The van der Waals surface area contributed by atoms with Crippen LogP contribution in [0.25, 0.3) is 0 Å². The highest BCUT2D eigenvalue weighted by atomic mass is 32.2. The Morgan fingerprint density at radius 1 is 1.48 bits per heavy atom. The Labute approximate surface area is 122 Å². The molecule has 21 heavy (non-hydrogen) atoms. The number of nitrogens with two attached hydrogens (primary N) is 1. The molecule has 0 aliphatic heterocycles. The molecular weight excluding hydrogens is 294 g/mol. The van der Waals surface area contributed by atoms with Crippen LogP contribution in [-0.2, 0) is 16.6 Å². The second-order valence-electron chi connectivity index (χ2n) is 4.61. The Morgan fingerprint density at radius 2 is 2.24 bits per heavy atom. The predicted molar refractivity (Wildman–Crippen MR) is 77.0 cm³/mol. The van der Waals surface area contributed by atoms with Gasteiger partial charge in [0.05, 0.1) is 12.3 Å². The average Bonchev–Trinajstić information content (AvgIpc) is 2.84. The third kappa shape index (κ3) is 3.70. The first kappa shape index (κ1) is 15.3. The topological polar surface area (TPSA) is 123 Å². The van der Waals surface area contributed by atoms with Crippen LogP contribution in [0.4, 0.5) is 5.82 Å². The summed E-state index contributed by atoms with van der Waals surface area (Å²) < 4.78 is 32.2. The van der Waals surface area contributed by atoms with Crippen LogP contribution < -0.4 is 15.2 Å². The van der Waals surface area contributed by atoms with Crippen molar-refractivity contribution in [3.63, 3.8) is 0 Å². The van der Waals surface area contributed by atoms with E-state index in [1.54, 1.807) is 18.3 Å². The van der Waals surface area contributed by atoms with Crippen LogP contribution >= 0.6 is 0 Å². The molecule has 114 valence electrons. The number of sulfonamides is 1. The number of anilines is 1. The van der Waals surface area contributed by atoms with Crippen molar-refractivity contribution in [1.82, 2.24) is 19.9 Å². The molecule has 2 rings (SSSR count). The first-order valence-corrected chi connectivity index (χ1v) is 7.77. The summed E-state index contributed by atoms with van der Waals surface area (Å²) in [5.74, 6) is 0.391. The van der Waals surface area contributed by atoms with Gasteiger partial charge in [-0.1, -0.05) is 6.07 Å². The van der Waals surface area contributed by atoms with Gasteiger partial charge in [0, 0.05) is 18.3 Å². The Balaban J connectivity index is 2.15. The minimum absolute atomic E-state index is 0.00709. The molecule has 4 N–H and O–H groups in total. The van der Waals surface area contributed by atoms with Crippen LogP contribution in [0, 0.1) is 0 Å². The number of aromatic amines is 1. The molecule has 0 amide bonds. The number of aromatic nitrogens is 3. The van der Waals surface area contributed by atoms with Gasteiger partial charge in [-0.2, -0.15) is 5.10 Å². The predicted octanol–water partition coefficient (Wildman–Crippen LogP) is 0.653. The summed E-state index contributed by atoms with van der Waals surface area (Å²) in [7, 11) is -3.74. The van der Waals surface area contributed by atoms with Gasteiger partial charge in [0.15, 0.2) is 0 Å². The van der Waals surface area contributed by atoms with Crippen molar-refractivity contribution < 1.29 is 13.2 Å². The molecule has 0 saturated carbocycles. The summed E-state index contributed by atoms with van der Waals surface area (Å²) >= 11 is 0. The van der Waals surface area contributed by atoms with Crippen LogP contribution in [-0.4, -0.2) is 29.7 Å². The van der Waals surface area contributed by atoms with E-state index in [-0.39, 0.29) is 23.4 Å². The molecular formula is C12H17N5O3S. The molecule has 0 spiro atoms. The van der Waals surface area contributed by atoms with Gasteiger partial charge in [0.2, 0.25) is 15.9 Å². The Hall–Kier alpha value is -2.13. The van der Waals surface area contributed by atoms with Gasteiger partial charge in [-0.15, -0.1) is 0 Å². The number of ether oxygens (including phenoxy) is 1. The normalized spacial score (nSPS) is 11.8. The lowest BCUT2D eigenvalue weighted by Crippen LogP contribution is -2.24. The highest BCUT2D eigenvalue weighted by Crippen LogP contribution is 2.18. The number of nitrogen functional groups attached to an aromatic ring is 1. The van der Waals surface area contributed by atoms with E-state index in [9.17, 15) is 8.42 Å². The summed E-state index contributed by atoms with van der Waals surface area (Å²) in [6.45, 7) is 3.78. The zero-order chi connectivity index (χ0) is 15.5. The van der Waals surface area contributed by atoms with Gasteiger partial charge >= 0.3 is 0 Å². The van der Waals surface area contributed by atoms with E-state index in [1.165, 1.54) is 0 Å². The van der Waals surface area contributed by atoms with Gasteiger partial charge in [-0.25, -0.2) is 18.1 Å². The van der Waals surface area contributed by atoms with Crippen molar-refractivity contribution in [1.29, 1.82) is 0 Å². The van der Waals surface area contributed by atoms with E-state index in [1.807, 2.05) is 13.8 Å². The van der Waals surface area contributed by atoms with E-state index in [2.05, 4.69) is 19.9 Å².